The van der Waals surface area contributed by atoms with E-state index in [1.54, 1.807) is 23.1 Å². The van der Waals surface area contributed by atoms with Gasteiger partial charge < -0.3 is 15.1 Å². The van der Waals surface area contributed by atoms with Crippen molar-refractivity contribution in [2.45, 2.75) is 26.7 Å². The van der Waals surface area contributed by atoms with Crippen LogP contribution in [-0.4, -0.2) is 43.9 Å². The molecular formula is C22H29N3O2. The molecule has 5 heteroatoms. The van der Waals surface area contributed by atoms with Gasteiger partial charge in [-0.3, -0.25) is 9.59 Å². The summed E-state index contributed by atoms with van der Waals surface area (Å²) in [5.74, 6) is -0.0730. The summed E-state index contributed by atoms with van der Waals surface area (Å²) in [5, 5.41) is 2.89. The average Bonchev–Trinajstić information content (AvgIpc) is 2.67. The first-order valence-electron chi connectivity index (χ1n) is 9.40. The van der Waals surface area contributed by atoms with Gasteiger partial charge in [0.2, 0.25) is 5.91 Å². The third-order valence-corrected chi connectivity index (χ3v) is 4.54. The second-order valence-electron chi connectivity index (χ2n) is 6.67. The van der Waals surface area contributed by atoms with Crippen LogP contribution in [0.2, 0.25) is 0 Å². The predicted molar refractivity (Wildman–Crippen MR) is 111 cm³/mol. The van der Waals surface area contributed by atoms with E-state index in [1.165, 1.54) is 0 Å². The van der Waals surface area contributed by atoms with E-state index in [0.29, 0.717) is 37.2 Å². The van der Waals surface area contributed by atoms with Crippen LogP contribution in [0.15, 0.2) is 48.5 Å². The minimum atomic E-state index is -0.0564. The second kappa shape index (κ2) is 9.76. The Bertz CT molecular complexity index is 765. The van der Waals surface area contributed by atoms with E-state index in [9.17, 15) is 9.59 Å². The molecule has 5 nitrogen and oxygen atoms in total. The fourth-order valence-corrected chi connectivity index (χ4v) is 2.87. The molecule has 0 atom stereocenters. The normalized spacial score (nSPS) is 10.4. The molecule has 1 N–H and O–H groups in total. The van der Waals surface area contributed by atoms with E-state index in [0.717, 1.165) is 11.3 Å². The molecule has 0 aliphatic rings. The number of anilines is 2. The van der Waals surface area contributed by atoms with E-state index in [4.69, 9.17) is 0 Å². The number of carbonyl (C=O) groups excluding carboxylic acids is 2. The van der Waals surface area contributed by atoms with Gasteiger partial charge in [0.25, 0.3) is 5.91 Å². The topological polar surface area (TPSA) is 52.7 Å². The van der Waals surface area contributed by atoms with Crippen LogP contribution >= 0.6 is 0 Å². The number of benzene rings is 2. The lowest BCUT2D eigenvalue weighted by Crippen LogP contribution is -2.30. The Hall–Kier alpha value is -2.82. The summed E-state index contributed by atoms with van der Waals surface area (Å²) in [4.78, 5) is 28.5. The van der Waals surface area contributed by atoms with E-state index >= 15 is 0 Å². The molecule has 0 radical (unpaired) electrons. The van der Waals surface area contributed by atoms with Gasteiger partial charge in [-0.2, -0.15) is 0 Å². The molecule has 0 spiro atoms. The highest BCUT2D eigenvalue weighted by atomic mass is 16.2. The lowest BCUT2D eigenvalue weighted by atomic mass is 10.1. The van der Waals surface area contributed by atoms with E-state index in [-0.39, 0.29) is 11.8 Å². The number of amides is 2. The Kier molecular flexibility index (Phi) is 7.41. The van der Waals surface area contributed by atoms with Gasteiger partial charge in [-0.25, -0.2) is 0 Å². The quantitative estimate of drug-likeness (QED) is 0.772. The molecule has 0 heterocycles. The zero-order chi connectivity index (χ0) is 19.8. The molecule has 2 aromatic carbocycles. The Labute approximate surface area is 162 Å². The third-order valence-electron chi connectivity index (χ3n) is 4.54. The van der Waals surface area contributed by atoms with Gasteiger partial charge in [0, 0.05) is 50.5 Å². The van der Waals surface area contributed by atoms with E-state index in [1.807, 2.05) is 51.0 Å². The van der Waals surface area contributed by atoms with Crippen molar-refractivity contribution < 1.29 is 9.59 Å². The highest BCUT2D eigenvalue weighted by molar-refractivity contribution is 5.97. The van der Waals surface area contributed by atoms with Gasteiger partial charge in [-0.05, 0) is 56.2 Å². The fourth-order valence-electron chi connectivity index (χ4n) is 2.87. The summed E-state index contributed by atoms with van der Waals surface area (Å²) in [6, 6.07) is 15.3. The van der Waals surface area contributed by atoms with Crippen molar-refractivity contribution in [2.75, 3.05) is 37.4 Å². The monoisotopic (exact) mass is 367 g/mol. The SMILES string of the molecule is CCN(CC)C(=O)c1cccc(NC(=O)CCc2ccc(N(C)C)cc2)c1. The molecule has 0 saturated heterocycles. The maximum Gasteiger partial charge on any atom is 0.253 e. The largest absolute Gasteiger partial charge is 0.378 e. The summed E-state index contributed by atoms with van der Waals surface area (Å²) in [6.07, 6.45) is 1.08. The van der Waals surface area contributed by atoms with Gasteiger partial charge in [0.15, 0.2) is 0 Å². The predicted octanol–water partition coefficient (Wildman–Crippen LogP) is 3.81. The molecule has 2 amide bonds. The van der Waals surface area contributed by atoms with Crippen molar-refractivity contribution in [3.63, 3.8) is 0 Å². The van der Waals surface area contributed by atoms with Crippen LogP contribution in [0, 0.1) is 0 Å². The molecule has 2 aromatic rings. The van der Waals surface area contributed by atoms with E-state index < -0.39 is 0 Å². The van der Waals surface area contributed by atoms with Crippen LogP contribution in [0.1, 0.15) is 36.2 Å². The molecule has 0 bridgehead atoms. The summed E-state index contributed by atoms with van der Waals surface area (Å²) in [5.41, 5.74) is 3.51. The van der Waals surface area contributed by atoms with Crippen LogP contribution in [-0.2, 0) is 11.2 Å². The fraction of sp³-hybridized carbons (Fsp3) is 0.364. The first kappa shape index (κ1) is 20.5. The molecule has 0 unspecified atom stereocenters. The summed E-state index contributed by atoms with van der Waals surface area (Å²) in [6.45, 7) is 5.24. The number of aryl methyl sites for hydroxylation is 1. The molecule has 0 fully saturated rings. The summed E-state index contributed by atoms with van der Waals surface area (Å²) >= 11 is 0. The molecule has 0 aliphatic heterocycles. The van der Waals surface area contributed by atoms with Crippen LogP contribution < -0.4 is 10.2 Å². The number of nitrogens with one attached hydrogen (secondary N) is 1. The number of nitrogens with zero attached hydrogens (tertiary/aromatic N) is 2. The summed E-state index contributed by atoms with van der Waals surface area (Å²) < 4.78 is 0. The van der Waals surface area contributed by atoms with Gasteiger partial charge in [-0.15, -0.1) is 0 Å². The first-order valence-corrected chi connectivity index (χ1v) is 9.40. The molecule has 0 aromatic heterocycles. The molecule has 27 heavy (non-hydrogen) atoms. The highest BCUT2D eigenvalue weighted by Crippen LogP contribution is 2.15. The third kappa shape index (κ3) is 5.84. The Morgan fingerprint density at radius 1 is 0.963 bits per heavy atom. The zero-order valence-electron chi connectivity index (χ0n) is 16.7. The summed E-state index contributed by atoms with van der Waals surface area (Å²) in [7, 11) is 4.00. The minimum Gasteiger partial charge on any atom is -0.378 e. The average molecular weight is 367 g/mol. The maximum atomic E-state index is 12.4. The lowest BCUT2D eigenvalue weighted by Gasteiger charge is -2.19. The van der Waals surface area contributed by atoms with Crippen molar-refractivity contribution in [3.8, 4) is 0 Å². The van der Waals surface area contributed by atoms with Gasteiger partial charge in [-0.1, -0.05) is 18.2 Å². The maximum absolute atomic E-state index is 12.4. The first-order chi connectivity index (χ1) is 12.9. The van der Waals surface area contributed by atoms with E-state index in [2.05, 4.69) is 17.4 Å². The van der Waals surface area contributed by atoms with Crippen LogP contribution in [0.25, 0.3) is 0 Å². The Morgan fingerprint density at radius 3 is 2.22 bits per heavy atom. The number of hydrogen-bond acceptors (Lipinski definition) is 3. The second-order valence-corrected chi connectivity index (χ2v) is 6.67. The van der Waals surface area contributed by atoms with Crippen molar-refractivity contribution in [1.82, 2.24) is 4.90 Å². The standard InChI is InChI=1S/C22H29N3O2/c1-5-25(6-2)22(27)18-8-7-9-19(16-18)23-21(26)15-12-17-10-13-20(14-11-17)24(3)4/h7-11,13-14,16H,5-6,12,15H2,1-4H3,(H,23,26). The molecule has 144 valence electrons. The van der Waals surface area contributed by atoms with Gasteiger partial charge in [0.1, 0.15) is 0 Å². The van der Waals surface area contributed by atoms with Crippen molar-refractivity contribution in [1.29, 1.82) is 0 Å². The number of carbonyl (C=O) groups is 2. The van der Waals surface area contributed by atoms with Crippen molar-refractivity contribution in [2.24, 2.45) is 0 Å². The molecular weight excluding hydrogens is 338 g/mol. The molecule has 2 rings (SSSR count). The molecule has 0 aliphatic carbocycles. The van der Waals surface area contributed by atoms with Crippen LogP contribution in [0.4, 0.5) is 11.4 Å². The van der Waals surface area contributed by atoms with Gasteiger partial charge >= 0.3 is 0 Å². The van der Waals surface area contributed by atoms with Crippen LogP contribution in [0.3, 0.4) is 0 Å². The highest BCUT2D eigenvalue weighted by Gasteiger charge is 2.13. The minimum absolute atomic E-state index is 0.0166. The lowest BCUT2D eigenvalue weighted by molar-refractivity contribution is -0.116. The van der Waals surface area contributed by atoms with Crippen molar-refractivity contribution in [3.05, 3.63) is 59.7 Å². The Morgan fingerprint density at radius 2 is 1.63 bits per heavy atom. The Balaban J connectivity index is 1.93. The number of rotatable bonds is 8. The van der Waals surface area contributed by atoms with Gasteiger partial charge in [0.05, 0.1) is 0 Å². The zero-order valence-corrected chi connectivity index (χ0v) is 16.7. The smallest absolute Gasteiger partial charge is 0.253 e. The number of hydrogen-bond donors (Lipinski definition) is 1. The van der Waals surface area contributed by atoms with Crippen molar-refractivity contribution >= 4 is 23.2 Å². The van der Waals surface area contributed by atoms with Crippen LogP contribution in [0.5, 0.6) is 0 Å². The molecule has 0 saturated carbocycles.